The van der Waals surface area contributed by atoms with Crippen molar-refractivity contribution in [2.45, 2.75) is 5.41 Å². The third-order valence-corrected chi connectivity index (χ3v) is 6.39. The van der Waals surface area contributed by atoms with Crippen LogP contribution in [-0.4, -0.2) is 9.97 Å². The minimum Gasteiger partial charge on any atom is -0.237 e. The molecule has 0 amide bonds. The lowest BCUT2D eigenvalue weighted by atomic mass is 9.70. The van der Waals surface area contributed by atoms with Gasteiger partial charge < -0.3 is 0 Å². The molecule has 1 aliphatic carbocycles. The lowest BCUT2D eigenvalue weighted by Crippen LogP contribution is -2.29. The highest BCUT2D eigenvalue weighted by Crippen LogP contribution is 2.57. The molecule has 2 nitrogen and oxygen atoms in total. The Morgan fingerprint density at radius 1 is 0.667 bits per heavy atom. The molecule has 3 aromatic carbocycles. The van der Waals surface area contributed by atoms with Gasteiger partial charge in [-0.15, -0.1) is 0 Å². The van der Waals surface area contributed by atoms with Crippen LogP contribution in [-0.2, 0) is 5.41 Å². The van der Waals surface area contributed by atoms with Crippen LogP contribution in [0, 0.1) is 0 Å². The smallest absolute Gasteiger partial charge is 0.159 e. The molecule has 1 aliphatic rings. The lowest BCUT2D eigenvalue weighted by molar-refractivity contribution is 0.738. The van der Waals surface area contributed by atoms with E-state index >= 15 is 0 Å². The molecule has 0 aliphatic heterocycles. The maximum atomic E-state index is 6.76. The molecule has 1 unspecified atom stereocenters. The first kappa shape index (κ1) is 17.4. The zero-order valence-corrected chi connectivity index (χ0v) is 16.8. The van der Waals surface area contributed by atoms with Gasteiger partial charge in [0.1, 0.15) is 0 Å². The Labute approximate surface area is 179 Å². The first-order chi connectivity index (χ1) is 14.8. The summed E-state index contributed by atoms with van der Waals surface area (Å²) in [5.41, 5.74) is 6.91. The van der Waals surface area contributed by atoms with Gasteiger partial charge in [-0.25, -0.2) is 9.97 Å². The largest absolute Gasteiger partial charge is 0.237 e. The molecule has 0 bridgehead atoms. The van der Waals surface area contributed by atoms with Crippen molar-refractivity contribution in [3.63, 3.8) is 0 Å². The van der Waals surface area contributed by atoms with Crippen LogP contribution < -0.4 is 0 Å². The van der Waals surface area contributed by atoms with Gasteiger partial charge in [0.25, 0.3) is 0 Å². The van der Waals surface area contributed by atoms with Crippen LogP contribution >= 0.6 is 11.6 Å². The van der Waals surface area contributed by atoms with Crippen molar-refractivity contribution >= 4 is 22.6 Å². The van der Waals surface area contributed by atoms with E-state index < -0.39 is 5.41 Å². The van der Waals surface area contributed by atoms with Crippen LogP contribution in [0.1, 0.15) is 22.4 Å². The number of aromatic nitrogens is 2. The van der Waals surface area contributed by atoms with E-state index in [4.69, 9.17) is 16.6 Å². The highest BCUT2D eigenvalue weighted by atomic mass is 35.5. The molecule has 5 aromatic rings. The molecule has 1 atom stereocenters. The fourth-order valence-corrected chi connectivity index (χ4v) is 5.14. The Morgan fingerprint density at radius 3 is 2.37 bits per heavy atom. The molecule has 2 heterocycles. The van der Waals surface area contributed by atoms with Crippen LogP contribution in [0.25, 0.3) is 22.2 Å². The predicted molar refractivity (Wildman–Crippen MR) is 122 cm³/mol. The van der Waals surface area contributed by atoms with Crippen molar-refractivity contribution in [3.05, 3.63) is 131 Å². The summed E-state index contributed by atoms with van der Waals surface area (Å²) in [5, 5.41) is 1.79. The molecule has 0 spiro atoms. The van der Waals surface area contributed by atoms with E-state index in [-0.39, 0.29) is 0 Å². The van der Waals surface area contributed by atoms with Gasteiger partial charge in [0.2, 0.25) is 0 Å². The fraction of sp³-hybridized carbons (Fsp3) is 0.0370. The van der Waals surface area contributed by atoms with Crippen LogP contribution in [0.4, 0.5) is 0 Å². The highest BCUT2D eigenvalue weighted by molar-refractivity contribution is 6.34. The molecule has 142 valence electrons. The van der Waals surface area contributed by atoms with E-state index in [0.29, 0.717) is 0 Å². The van der Waals surface area contributed by atoms with Gasteiger partial charge in [0.05, 0.1) is 11.1 Å². The van der Waals surface area contributed by atoms with E-state index in [9.17, 15) is 0 Å². The van der Waals surface area contributed by atoms with E-state index in [0.717, 1.165) is 38.4 Å². The normalized spacial score (nSPS) is 17.0. The third kappa shape index (κ3) is 2.25. The second kappa shape index (κ2) is 6.51. The van der Waals surface area contributed by atoms with Crippen LogP contribution in [0.5, 0.6) is 0 Å². The summed E-state index contributed by atoms with van der Waals surface area (Å²) in [6, 6.07) is 33.5. The monoisotopic (exact) mass is 404 g/mol. The Balaban J connectivity index is 1.81. The zero-order valence-electron chi connectivity index (χ0n) is 16.1. The number of nitrogens with zero attached hydrogens (tertiary/aromatic N) is 2. The van der Waals surface area contributed by atoms with Crippen LogP contribution in [0.15, 0.2) is 103 Å². The molecule has 0 fully saturated rings. The molecule has 0 saturated heterocycles. The Hall–Kier alpha value is -3.49. The first-order valence-corrected chi connectivity index (χ1v) is 10.3. The first-order valence-electron chi connectivity index (χ1n) is 9.97. The van der Waals surface area contributed by atoms with Crippen molar-refractivity contribution < 1.29 is 0 Å². The molecule has 6 rings (SSSR count). The minimum atomic E-state index is -0.552. The van der Waals surface area contributed by atoms with Gasteiger partial charge in [-0.3, -0.25) is 0 Å². The molecule has 3 heteroatoms. The van der Waals surface area contributed by atoms with E-state index in [2.05, 4.69) is 71.7 Å². The summed E-state index contributed by atoms with van der Waals surface area (Å²) in [6.07, 6.45) is 1.79. The molecule has 0 saturated carbocycles. The molecule has 2 aromatic heterocycles. The van der Waals surface area contributed by atoms with E-state index in [1.807, 2.05) is 30.3 Å². The topological polar surface area (TPSA) is 25.8 Å². The quantitative estimate of drug-likeness (QED) is 0.323. The predicted octanol–water partition coefficient (Wildman–Crippen LogP) is 6.65. The van der Waals surface area contributed by atoms with Gasteiger partial charge in [-0.2, -0.15) is 0 Å². The second-order valence-electron chi connectivity index (χ2n) is 7.57. The number of benzene rings is 3. The Bertz CT molecular complexity index is 1410. The molecule has 0 radical (unpaired) electrons. The number of halogens is 1. The van der Waals surface area contributed by atoms with Gasteiger partial charge >= 0.3 is 0 Å². The summed E-state index contributed by atoms with van der Waals surface area (Å²) >= 11 is 6.76. The molecule has 30 heavy (non-hydrogen) atoms. The summed E-state index contributed by atoms with van der Waals surface area (Å²) < 4.78 is 0. The Morgan fingerprint density at radius 2 is 1.47 bits per heavy atom. The minimum absolute atomic E-state index is 0.552. The summed E-state index contributed by atoms with van der Waals surface area (Å²) in [6.45, 7) is 0. The third-order valence-electron chi connectivity index (χ3n) is 6.07. The summed E-state index contributed by atoms with van der Waals surface area (Å²) in [4.78, 5) is 9.61. The summed E-state index contributed by atoms with van der Waals surface area (Å²) in [7, 11) is 0. The van der Waals surface area contributed by atoms with Crippen molar-refractivity contribution in [3.8, 4) is 11.1 Å². The maximum Gasteiger partial charge on any atom is 0.159 e. The van der Waals surface area contributed by atoms with E-state index in [1.165, 1.54) is 11.1 Å². The van der Waals surface area contributed by atoms with Crippen LogP contribution in [0.3, 0.4) is 0 Å². The number of hydrogen-bond acceptors (Lipinski definition) is 2. The highest BCUT2D eigenvalue weighted by Gasteiger charge is 2.47. The average molecular weight is 405 g/mol. The van der Waals surface area contributed by atoms with E-state index in [1.54, 1.807) is 6.20 Å². The number of fused-ring (bicyclic) bond motifs is 4. The summed E-state index contributed by atoms with van der Waals surface area (Å²) in [5.74, 6) is 0. The maximum absolute atomic E-state index is 6.76. The number of pyridine rings is 2. The van der Waals surface area contributed by atoms with Gasteiger partial charge in [-0.1, -0.05) is 78.3 Å². The zero-order chi connectivity index (χ0) is 20.1. The molecule has 0 N–H and O–H groups in total. The fourth-order valence-electron chi connectivity index (χ4n) is 4.87. The van der Waals surface area contributed by atoms with Crippen molar-refractivity contribution in [2.24, 2.45) is 0 Å². The SMILES string of the molecule is Clc1cccc2c1-c1ccccc1C2(c1ccccc1)c1ccc2cccnc2n1. The van der Waals surface area contributed by atoms with Crippen LogP contribution in [0.2, 0.25) is 5.02 Å². The number of hydrogen-bond donors (Lipinski definition) is 0. The van der Waals surface area contributed by atoms with Gasteiger partial charge in [0, 0.05) is 22.2 Å². The Kier molecular flexibility index (Phi) is 3.77. The number of rotatable bonds is 2. The van der Waals surface area contributed by atoms with Crippen molar-refractivity contribution in [2.75, 3.05) is 0 Å². The van der Waals surface area contributed by atoms with Gasteiger partial charge in [0.15, 0.2) is 5.65 Å². The van der Waals surface area contributed by atoms with Crippen molar-refractivity contribution in [1.29, 1.82) is 0 Å². The average Bonchev–Trinajstić information content (AvgIpc) is 3.12. The van der Waals surface area contributed by atoms with Gasteiger partial charge in [-0.05, 0) is 52.6 Å². The molecular weight excluding hydrogens is 388 g/mol. The standard InChI is InChI=1S/C27H17ClN2/c28-23-14-6-13-22-25(23)20-11-4-5-12-21(20)27(22,19-9-2-1-3-10-19)24-16-15-18-8-7-17-29-26(18)30-24/h1-17H. The molecular formula is C27H17ClN2. The second-order valence-corrected chi connectivity index (χ2v) is 7.98. The van der Waals surface area contributed by atoms with Crippen molar-refractivity contribution in [1.82, 2.24) is 9.97 Å². The lowest BCUT2D eigenvalue weighted by Gasteiger charge is -2.32.